The second-order valence-corrected chi connectivity index (χ2v) is 9.20. The van der Waals surface area contributed by atoms with Gasteiger partial charge in [-0.3, -0.25) is 0 Å². The van der Waals surface area contributed by atoms with Crippen LogP contribution in [0.5, 0.6) is 0 Å². The van der Waals surface area contributed by atoms with Crippen molar-refractivity contribution in [3.8, 4) is 0 Å². The molecule has 2 fully saturated rings. The second kappa shape index (κ2) is 6.66. The number of hydrogen-bond acceptors (Lipinski definition) is 2. The molecule has 3 heteroatoms. The maximum absolute atomic E-state index is 13.4. The molecule has 1 N–H and O–H groups in total. The standard InChI is InChI=1S/C20H28FNS/c1-13-2-4-14(5-3-13)15-6-8-16(9-7-15)20-22-18-11-10-17(21)12-19(18)23-20/h10-16,20,22H,2-9H2,1H3. The van der Waals surface area contributed by atoms with Crippen molar-refractivity contribution in [1.29, 1.82) is 0 Å². The van der Waals surface area contributed by atoms with Gasteiger partial charge in [0.05, 0.1) is 5.37 Å². The van der Waals surface area contributed by atoms with Crippen molar-refractivity contribution in [3.63, 3.8) is 0 Å². The van der Waals surface area contributed by atoms with Gasteiger partial charge in [0, 0.05) is 10.6 Å². The second-order valence-electron chi connectivity index (χ2n) is 8.02. The van der Waals surface area contributed by atoms with E-state index in [2.05, 4.69) is 12.2 Å². The summed E-state index contributed by atoms with van der Waals surface area (Å²) in [5.41, 5.74) is 1.13. The first kappa shape index (κ1) is 15.8. The average molecular weight is 334 g/mol. The lowest BCUT2D eigenvalue weighted by Crippen LogP contribution is -2.30. The Balaban J connectivity index is 1.31. The summed E-state index contributed by atoms with van der Waals surface area (Å²) < 4.78 is 13.4. The lowest BCUT2D eigenvalue weighted by molar-refractivity contribution is 0.151. The normalized spacial score (nSPS) is 37.2. The van der Waals surface area contributed by atoms with E-state index in [1.165, 1.54) is 51.4 Å². The molecular weight excluding hydrogens is 305 g/mol. The summed E-state index contributed by atoms with van der Waals surface area (Å²) in [6.07, 6.45) is 11.3. The number of benzene rings is 1. The first-order valence-electron chi connectivity index (χ1n) is 9.42. The van der Waals surface area contributed by atoms with Crippen LogP contribution in [0.15, 0.2) is 23.1 Å². The summed E-state index contributed by atoms with van der Waals surface area (Å²) in [4.78, 5) is 1.10. The van der Waals surface area contributed by atoms with Crippen LogP contribution in [0.25, 0.3) is 0 Å². The monoisotopic (exact) mass is 333 g/mol. The van der Waals surface area contributed by atoms with Crippen LogP contribution in [0.4, 0.5) is 10.1 Å². The van der Waals surface area contributed by atoms with Crippen molar-refractivity contribution in [2.75, 3.05) is 5.32 Å². The first-order chi connectivity index (χ1) is 11.2. The van der Waals surface area contributed by atoms with Gasteiger partial charge in [0.15, 0.2) is 0 Å². The molecule has 2 saturated carbocycles. The van der Waals surface area contributed by atoms with Gasteiger partial charge in [0.25, 0.3) is 0 Å². The first-order valence-corrected chi connectivity index (χ1v) is 10.3. The Morgan fingerprint density at radius 3 is 2.22 bits per heavy atom. The number of hydrogen-bond donors (Lipinski definition) is 1. The van der Waals surface area contributed by atoms with Gasteiger partial charge < -0.3 is 5.32 Å². The van der Waals surface area contributed by atoms with Crippen LogP contribution < -0.4 is 5.32 Å². The Morgan fingerprint density at radius 1 is 0.913 bits per heavy atom. The van der Waals surface area contributed by atoms with E-state index in [1.807, 2.05) is 17.8 Å². The van der Waals surface area contributed by atoms with Crippen molar-refractivity contribution < 1.29 is 4.39 Å². The molecule has 1 nitrogen and oxygen atoms in total. The topological polar surface area (TPSA) is 12.0 Å². The molecule has 0 amide bonds. The maximum Gasteiger partial charge on any atom is 0.124 e. The highest BCUT2D eigenvalue weighted by Gasteiger charge is 2.35. The molecule has 1 unspecified atom stereocenters. The minimum Gasteiger partial charge on any atom is -0.372 e. The fraction of sp³-hybridized carbons (Fsp3) is 0.700. The van der Waals surface area contributed by atoms with E-state index in [1.54, 1.807) is 12.1 Å². The van der Waals surface area contributed by atoms with Crippen molar-refractivity contribution >= 4 is 17.4 Å². The van der Waals surface area contributed by atoms with Crippen LogP contribution in [0.1, 0.15) is 58.3 Å². The van der Waals surface area contributed by atoms with Gasteiger partial charge in [0.2, 0.25) is 0 Å². The van der Waals surface area contributed by atoms with Gasteiger partial charge in [-0.25, -0.2) is 4.39 Å². The number of anilines is 1. The molecule has 1 heterocycles. The van der Waals surface area contributed by atoms with E-state index < -0.39 is 0 Å². The third-order valence-electron chi connectivity index (χ3n) is 6.47. The quantitative estimate of drug-likeness (QED) is 0.681. The van der Waals surface area contributed by atoms with E-state index in [-0.39, 0.29) is 5.82 Å². The molecule has 0 aromatic heterocycles. The van der Waals surface area contributed by atoms with E-state index >= 15 is 0 Å². The molecule has 1 aromatic carbocycles. The van der Waals surface area contributed by atoms with Crippen molar-refractivity contribution in [2.24, 2.45) is 23.7 Å². The summed E-state index contributed by atoms with van der Waals surface area (Å²) in [6.45, 7) is 2.41. The smallest absolute Gasteiger partial charge is 0.124 e. The number of halogens is 1. The largest absolute Gasteiger partial charge is 0.372 e. The summed E-state index contributed by atoms with van der Waals surface area (Å²) in [6, 6.07) is 5.14. The molecule has 1 aromatic rings. The van der Waals surface area contributed by atoms with Gasteiger partial charge in [0.1, 0.15) is 5.82 Å². The number of rotatable bonds is 2. The van der Waals surface area contributed by atoms with Crippen LogP contribution in [0, 0.1) is 29.5 Å². The van der Waals surface area contributed by atoms with E-state index in [0.29, 0.717) is 5.37 Å². The molecule has 2 aliphatic carbocycles. The van der Waals surface area contributed by atoms with Crippen molar-refractivity contribution in [3.05, 3.63) is 24.0 Å². The molecule has 0 spiro atoms. The molecule has 23 heavy (non-hydrogen) atoms. The highest BCUT2D eigenvalue weighted by molar-refractivity contribution is 8.00. The lowest BCUT2D eigenvalue weighted by atomic mass is 9.69. The van der Waals surface area contributed by atoms with Gasteiger partial charge in [-0.2, -0.15) is 0 Å². The highest BCUT2D eigenvalue weighted by Crippen LogP contribution is 2.48. The van der Waals surface area contributed by atoms with Gasteiger partial charge >= 0.3 is 0 Å². The van der Waals surface area contributed by atoms with Crippen LogP contribution in [-0.2, 0) is 0 Å². The molecular formula is C20H28FNS. The Bertz CT molecular complexity index is 545. The maximum atomic E-state index is 13.4. The average Bonchev–Trinajstić information content (AvgIpc) is 2.99. The van der Waals surface area contributed by atoms with Gasteiger partial charge in [-0.15, -0.1) is 0 Å². The van der Waals surface area contributed by atoms with Crippen molar-refractivity contribution in [1.82, 2.24) is 0 Å². The molecule has 1 atom stereocenters. The van der Waals surface area contributed by atoms with E-state index in [4.69, 9.17) is 0 Å². The Morgan fingerprint density at radius 2 is 1.52 bits per heavy atom. The summed E-state index contributed by atoms with van der Waals surface area (Å²) in [7, 11) is 0. The summed E-state index contributed by atoms with van der Waals surface area (Å²) >= 11 is 1.84. The number of nitrogens with one attached hydrogen (secondary N) is 1. The third kappa shape index (κ3) is 3.40. The Kier molecular flexibility index (Phi) is 4.58. The molecule has 3 aliphatic rings. The van der Waals surface area contributed by atoms with Crippen LogP contribution in [-0.4, -0.2) is 5.37 Å². The van der Waals surface area contributed by atoms with E-state index in [9.17, 15) is 4.39 Å². The van der Waals surface area contributed by atoms with Crippen LogP contribution in [0.3, 0.4) is 0 Å². The Hall–Kier alpha value is -0.700. The molecule has 4 rings (SSSR count). The Labute approximate surface area is 143 Å². The van der Waals surface area contributed by atoms with Gasteiger partial charge in [-0.05, 0) is 80.4 Å². The number of thioether (sulfide) groups is 1. The molecule has 126 valence electrons. The third-order valence-corrected chi connectivity index (χ3v) is 7.82. The zero-order valence-corrected chi connectivity index (χ0v) is 14.9. The molecule has 0 bridgehead atoms. The van der Waals surface area contributed by atoms with E-state index in [0.717, 1.165) is 34.3 Å². The zero-order chi connectivity index (χ0) is 15.8. The summed E-state index contributed by atoms with van der Waals surface area (Å²) in [5, 5.41) is 4.09. The van der Waals surface area contributed by atoms with Gasteiger partial charge in [-0.1, -0.05) is 31.5 Å². The van der Waals surface area contributed by atoms with Crippen molar-refractivity contribution in [2.45, 2.75) is 68.6 Å². The molecule has 0 saturated heterocycles. The minimum absolute atomic E-state index is 0.117. The predicted octanol–water partition coefficient (Wildman–Crippen LogP) is 6.30. The fourth-order valence-electron chi connectivity index (χ4n) is 4.92. The number of fused-ring (bicyclic) bond motifs is 1. The van der Waals surface area contributed by atoms with Crippen LogP contribution >= 0.6 is 11.8 Å². The molecule has 1 aliphatic heterocycles. The fourth-order valence-corrected chi connectivity index (χ4v) is 6.28. The predicted molar refractivity (Wildman–Crippen MR) is 96.2 cm³/mol. The lowest BCUT2D eigenvalue weighted by Gasteiger charge is -2.38. The zero-order valence-electron chi connectivity index (χ0n) is 14.1. The molecule has 0 radical (unpaired) electrons. The minimum atomic E-state index is -0.117. The SMILES string of the molecule is CC1CCC(C2CCC(C3Nc4ccc(F)cc4S3)CC2)CC1. The summed E-state index contributed by atoms with van der Waals surface area (Å²) in [5.74, 6) is 3.57. The highest BCUT2D eigenvalue weighted by atomic mass is 32.2. The van der Waals surface area contributed by atoms with Crippen LogP contribution in [0.2, 0.25) is 0 Å².